The summed E-state index contributed by atoms with van der Waals surface area (Å²) in [6.45, 7) is 25.7. The number of pyridine rings is 3. The van der Waals surface area contributed by atoms with Gasteiger partial charge in [-0.25, -0.2) is 0 Å². The van der Waals surface area contributed by atoms with Crippen molar-refractivity contribution in [2.24, 2.45) is 17.3 Å². The quantitative estimate of drug-likeness (QED) is 0.0254. The molecule has 0 atom stereocenters. The van der Waals surface area contributed by atoms with Crippen LogP contribution < -0.4 is 9.47 Å². The molecule has 0 saturated heterocycles. The van der Waals surface area contributed by atoms with Gasteiger partial charge in [-0.2, -0.15) is 0 Å². The summed E-state index contributed by atoms with van der Waals surface area (Å²) in [6.07, 6.45) is 10.8. The largest absolute Gasteiger partial charge is 0.536 e. The monoisotopic (exact) mass is 2020 g/mol. The summed E-state index contributed by atoms with van der Waals surface area (Å²) in [7, 11) is 3.25. The number of aromatic nitrogens is 3. The number of aliphatic hydroxyl groups is 3. The normalized spacial score (nSPS) is 11.3. The Morgan fingerprint density at radius 1 is 0.455 bits per heavy atom. The van der Waals surface area contributed by atoms with E-state index in [4.69, 9.17) is 19.6 Å². The van der Waals surface area contributed by atoms with E-state index in [1.807, 2.05) is 122 Å². The third-order valence-electron chi connectivity index (χ3n) is 18.3. The van der Waals surface area contributed by atoms with Gasteiger partial charge in [0.15, 0.2) is 0 Å². The topological polar surface area (TPSA) is 182 Å². The van der Waals surface area contributed by atoms with Crippen molar-refractivity contribution in [2.45, 2.75) is 102 Å². The van der Waals surface area contributed by atoms with Crippen molar-refractivity contribution in [3.8, 4) is 45.3 Å². The number of aryl methyl sites for hydroxylation is 2. The number of ketones is 3. The van der Waals surface area contributed by atoms with Gasteiger partial charge in [-0.1, -0.05) is 219 Å². The summed E-state index contributed by atoms with van der Waals surface area (Å²) in [5.74, 6) is 2.39. The van der Waals surface area contributed by atoms with Crippen molar-refractivity contribution in [1.29, 1.82) is 0 Å². The summed E-state index contributed by atoms with van der Waals surface area (Å²) in [5.41, 5.74) is 11.0. The van der Waals surface area contributed by atoms with Crippen LogP contribution in [0.4, 0.5) is 0 Å². The van der Waals surface area contributed by atoms with E-state index >= 15 is 0 Å². The van der Waals surface area contributed by atoms with E-state index < -0.39 is 0 Å². The first-order valence-electron chi connectivity index (χ1n) is 36.6. The summed E-state index contributed by atoms with van der Waals surface area (Å²) >= 11 is 0. The van der Waals surface area contributed by atoms with Gasteiger partial charge in [0.05, 0.1) is 66.6 Å². The Hall–Kier alpha value is -10.4. The van der Waals surface area contributed by atoms with Crippen LogP contribution in [0.15, 0.2) is 279 Å². The Kier molecular flexibility index (Phi) is 34.2. The number of aliphatic hydroxyl groups excluding tert-OH is 3. The second-order valence-electron chi connectivity index (χ2n) is 29.2. The zero-order valence-corrected chi connectivity index (χ0v) is 73.3. The summed E-state index contributed by atoms with van der Waals surface area (Å²) in [4.78, 5) is 42.2. The zero-order valence-electron chi connectivity index (χ0n) is 66.1. The van der Waals surface area contributed by atoms with E-state index in [1.165, 1.54) is 101 Å². The molecule has 14 rings (SSSR count). The number of nitrogens with zero attached hydrogens (tertiary/aromatic N) is 3. The Bertz CT molecular complexity index is 5620. The van der Waals surface area contributed by atoms with Crippen molar-refractivity contribution in [3.63, 3.8) is 0 Å². The van der Waals surface area contributed by atoms with Crippen LogP contribution in [0.5, 0.6) is 11.5 Å². The van der Waals surface area contributed by atoms with E-state index in [1.54, 1.807) is 44.6 Å². The van der Waals surface area contributed by atoms with Crippen molar-refractivity contribution in [2.75, 3.05) is 14.2 Å². The van der Waals surface area contributed by atoms with Crippen LogP contribution >= 0.6 is 0 Å². The molecule has 0 bridgehead atoms. The van der Waals surface area contributed by atoms with Crippen LogP contribution in [0, 0.1) is 42.4 Å². The first-order chi connectivity index (χ1) is 52.2. The van der Waals surface area contributed by atoms with Gasteiger partial charge < -0.3 is 39.7 Å². The number of fused-ring (bicyclic) bond motifs is 9. The fraction of sp³-hybridized carbons (Fsp3) is 0.204. The molecule has 0 saturated carbocycles. The molecule has 11 nitrogen and oxygen atoms in total. The molecule has 0 aliphatic heterocycles. The minimum Gasteiger partial charge on any atom is -0.536 e. The standard InChI is InChI=1S/C24H22N.C21H16NO2.C21H16N.C15H12O2.C9H16O2.C8H14O2.3Ir/c1-16-8-10-20-17(14-16)9-11-22-21(20)12-13-25-23(22)18-6-5-7-19(15-18)24(2,3)4;1-23-19-10-8-15(13-20(19)24-2)21-18-9-7-14-5-3-4-6-16(14)17(18)11-12-22-21;1-2-15-6-5-8-17(14-15)21-20-11-10-16-7-3-4-9-18(16)19(20)12-13-22-21;16-14(12-7-3-1-4-8-12)11-15(17)13-9-5-2-6-10-13;1-6(2)8(10)5-9(11)7(3)4;1-6(9)5-7(10)8(2,3)4;;;/h5,7-15H,1-4H3;3-7,9-13H,1-2H3;3-7,9-14H,2H2,1H3;1-11,16H;5-7,10H,1-4H3;5,9H,1-4H3;;;/q3*-1;;;;;;/p+3. The average Bonchev–Trinajstić information content (AvgIpc) is 0.778. The Morgan fingerprint density at radius 3 is 1.36 bits per heavy atom. The molecule has 0 fully saturated rings. The molecule has 3 aromatic heterocycles. The fourth-order valence-electron chi connectivity index (χ4n) is 11.9. The molecular weight excluding hydrogens is 1920 g/mol. The Balaban J connectivity index is 0.000000214. The van der Waals surface area contributed by atoms with E-state index in [-0.39, 0.29) is 118 Å². The molecule has 0 aliphatic carbocycles. The van der Waals surface area contributed by atoms with Gasteiger partial charge in [0.1, 0.15) is 11.5 Å². The number of rotatable bonds is 13. The van der Waals surface area contributed by atoms with Crippen LogP contribution in [0.1, 0.15) is 111 Å². The predicted molar refractivity (Wildman–Crippen MR) is 456 cm³/mol. The number of hydrogen-bond acceptors (Lipinski definition) is 8. The first kappa shape index (κ1) is 90.5. The number of methoxy groups -OCH3 is 2. The predicted octanol–water partition coefficient (Wildman–Crippen LogP) is 24.2. The van der Waals surface area contributed by atoms with Crippen molar-refractivity contribution >= 4 is 87.7 Å². The Labute approximate surface area is 700 Å². The van der Waals surface area contributed by atoms with Crippen LogP contribution in [0.25, 0.3) is 104 Å². The van der Waals surface area contributed by atoms with Crippen LogP contribution in [-0.2, 0) is 72.2 Å². The molecule has 14 aromatic rings. The van der Waals surface area contributed by atoms with Gasteiger partial charge in [-0.15, -0.1) is 88.5 Å². The smallest absolute Gasteiger partial charge is 0.350 e. The van der Waals surface area contributed by atoms with E-state index in [0.29, 0.717) is 22.6 Å². The van der Waals surface area contributed by atoms with Gasteiger partial charge in [0.2, 0.25) is 0 Å². The first-order valence-corrected chi connectivity index (χ1v) is 36.6. The molecule has 0 amide bonds. The molecule has 3 heterocycles. The van der Waals surface area contributed by atoms with Crippen molar-refractivity contribution < 1.29 is 99.5 Å². The van der Waals surface area contributed by atoms with Crippen LogP contribution in [-0.4, -0.2) is 76.2 Å². The third-order valence-corrected chi connectivity index (χ3v) is 18.3. The molecule has 0 aliphatic rings. The van der Waals surface area contributed by atoms with E-state index in [2.05, 4.69) is 208 Å². The molecule has 11 aromatic carbocycles. The minimum atomic E-state index is -0.274. The molecule has 0 spiro atoms. The summed E-state index contributed by atoms with van der Waals surface area (Å²) in [5, 5.41) is 42.5. The molecule has 14 heteroatoms. The molecular formula is C98H99Ir3N3O8. The fourth-order valence-corrected chi connectivity index (χ4v) is 11.9. The second kappa shape index (κ2) is 42.3. The average molecular weight is 2020 g/mol. The molecule has 581 valence electrons. The maximum Gasteiger partial charge on any atom is 0.350 e. The van der Waals surface area contributed by atoms with Gasteiger partial charge in [-0.3, -0.25) is 14.4 Å². The van der Waals surface area contributed by atoms with Crippen molar-refractivity contribution in [3.05, 3.63) is 325 Å². The molecule has 112 heavy (non-hydrogen) atoms. The second-order valence-corrected chi connectivity index (χ2v) is 29.2. The van der Waals surface area contributed by atoms with Gasteiger partial charge >= 0.3 is 17.3 Å². The number of hydrogen-bond donors (Lipinski definition) is 3. The van der Waals surface area contributed by atoms with E-state index in [9.17, 15) is 24.6 Å². The minimum absolute atomic E-state index is 0. The number of benzene rings is 11. The molecule has 6 N–H and O–H groups in total. The number of allylic oxidation sites excluding steroid dienone is 5. The van der Waals surface area contributed by atoms with Gasteiger partial charge in [-0.05, 0) is 159 Å². The van der Waals surface area contributed by atoms with E-state index in [0.717, 1.165) is 45.6 Å². The third kappa shape index (κ3) is 24.1. The Morgan fingerprint density at radius 2 is 0.902 bits per heavy atom. The summed E-state index contributed by atoms with van der Waals surface area (Å²) in [6, 6.07) is 87.3. The van der Waals surface area contributed by atoms with Gasteiger partial charge in [0.25, 0.3) is 0 Å². The number of carbonyl (C=O) groups excluding carboxylic acids is 3. The molecule has 0 unspecified atom stereocenters. The SMILES string of the molecule is CC(C)C(=[OH+])C=C(O)C(C)C.CC(O)=CC(=[OH+])C(C)(C)C.CCc1cc[c-]c(-c2nccc3c2ccc2ccccc23)c1.COc1c[c-]c(-c2nccc3c2ccc2ccccc23)cc1OC.Cc1ccc2c(ccc3c(-c4[c-]ccc(C(C)(C)C)c4)nccc32)c1.OC(=CC(=[OH+])c1ccccc1)c1ccccc1.[Ir].[Ir].[Ir]. The number of ether oxygens (including phenoxy) is 2. The van der Waals surface area contributed by atoms with Crippen LogP contribution in [0.3, 0.4) is 0 Å². The van der Waals surface area contributed by atoms with Gasteiger partial charge in [0, 0.05) is 90.4 Å². The summed E-state index contributed by atoms with van der Waals surface area (Å²) < 4.78 is 10.7. The van der Waals surface area contributed by atoms with Crippen LogP contribution in [0.2, 0.25) is 0 Å². The maximum absolute atomic E-state index is 9.83. The molecule has 3 radical (unpaired) electrons. The van der Waals surface area contributed by atoms with Crippen molar-refractivity contribution in [1.82, 2.24) is 15.0 Å². The maximum atomic E-state index is 9.83. The zero-order chi connectivity index (χ0) is 78.5.